The summed E-state index contributed by atoms with van der Waals surface area (Å²) in [6.07, 6.45) is 7.99. The molecule has 0 radical (unpaired) electrons. The third kappa shape index (κ3) is 3.08. The number of esters is 1. The van der Waals surface area contributed by atoms with Crippen LogP contribution in [-0.2, 0) is 17.6 Å². The van der Waals surface area contributed by atoms with Crippen molar-refractivity contribution in [3.05, 3.63) is 62.0 Å². The van der Waals surface area contributed by atoms with Gasteiger partial charge in [-0.3, -0.25) is 4.79 Å². The highest BCUT2D eigenvalue weighted by atomic mass is 32.1. The van der Waals surface area contributed by atoms with E-state index in [1.807, 2.05) is 18.2 Å². The minimum atomic E-state index is -0.362. The van der Waals surface area contributed by atoms with Gasteiger partial charge in [-0.15, -0.1) is 11.3 Å². The second-order valence-corrected chi connectivity index (χ2v) is 7.37. The number of aromatic amines is 1. The fraction of sp³-hybridized carbons (Fsp3) is 0.250. The molecule has 26 heavy (non-hydrogen) atoms. The summed E-state index contributed by atoms with van der Waals surface area (Å²) < 4.78 is 4.69. The molecule has 0 unspecified atom stereocenters. The van der Waals surface area contributed by atoms with Crippen molar-refractivity contribution in [3.8, 4) is 0 Å². The average molecular weight is 366 g/mol. The molecule has 5 nitrogen and oxygen atoms in total. The Labute approximate surface area is 154 Å². The maximum atomic E-state index is 12.5. The number of benzene rings is 1. The van der Waals surface area contributed by atoms with Crippen LogP contribution in [0.4, 0.5) is 0 Å². The van der Waals surface area contributed by atoms with E-state index in [-0.39, 0.29) is 11.5 Å². The van der Waals surface area contributed by atoms with Crippen LogP contribution < -0.4 is 5.56 Å². The molecule has 3 aromatic rings. The molecule has 0 saturated carbocycles. The number of H-pyrrole nitrogens is 1. The zero-order valence-electron chi connectivity index (χ0n) is 14.4. The maximum Gasteiger partial charge on any atom is 0.337 e. The van der Waals surface area contributed by atoms with Crippen molar-refractivity contribution in [2.24, 2.45) is 0 Å². The second kappa shape index (κ2) is 6.88. The number of aromatic nitrogens is 2. The summed E-state index contributed by atoms with van der Waals surface area (Å²) in [5.41, 5.74) is 2.54. The lowest BCUT2D eigenvalue weighted by Crippen LogP contribution is -2.11. The van der Waals surface area contributed by atoms with Gasteiger partial charge >= 0.3 is 5.97 Å². The van der Waals surface area contributed by atoms with Crippen molar-refractivity contribution in [3.63, 3.8) is 0 Å². The molecule has 0 spiro atoms. The van der Waals surface area contributed by atoms with Crippen molar-refractivity contribution < 1.29 is 9.53 Å². The number of carbonyl (C=O) groups is 1. The van der Waals surface area contributed by atoms with Gasteiger partial charge < -0.3 is 9.72 Å². The van der Waals surface area contributed by atoms with Crippen molar-refractivity contribution in [2.45, 2.75) is 25.7 Å². The van der Waals surface area contributed by atoms with E-state index in [0.717, 1.165) is 35.0 Å². The van der Waals surface area contributed by atoms with Crippen molar-refractivity contribution in [1.29, 1.82) is 0 Å². The largest absolute Gasteiger partial charge is 0.465 e. The maximum absolute atomic E-state index is 12.5. The molecule has 0 atom stereocenters. The molecule has 0 fully saturated rings. The summed E-state index contributed by atoms with van der Waals surface area (Å²) in [4.78, 5) is 33.6. The Morgan fingerprint density at radius 2 is 1.96 bits per heavy atom. The van der Waals surface area contributed by atoms with Gasteiger partial charge in [-0.2, -0.15) is 0 Å². The molecule has 0 saturated heterocycles. The molecular formula is C20H18N2O3S. The van der Waals surface area contributed by atoms with E-state index in [4.69, 9.17) is 0 Å². The summed E-state index contributed by atoms with van der Waals surface area (Å²) in [6, 6.07) is 7.06. The van der Waals surface area contributed by atoms with Crippen LogP contribution in [0.1, 0.15) is 45.0 Å². The van der Waals surface area contributed by atoms with Gasteiger partial charge in [-0.05, 0) is 55.0 Å². The number of ether oxygens (including phenoxy) is 1. The first-order chi connectivity index (χ1) is 12.7. The van der Waals surface area contributed by atoms with Crippen molar-refractivity contribution >= 4 is 39.7 Å². The van der Waals surface area contributed by atoms with Crippen LogP contribution in [0.25, 0.3) is 22.4 Å². The average Bonchev–Trinajstić information content (AvgIpc) is 3.05. The molecule has 6 heteroatoms. The zero-order valence-corrected chi connectivity index (χ0v) is 15.2. The normalized spacial score (nSPS) is 13.9. The van der Waals surface area contributed by atoms with Gasteiger partial charge in [0.1, 0.15) is 10.7 Å². The van der Waals surface area contributed by atoms with Gasteiger partial charge in [-0.1, -0.05) is 18.2 Å². The molecule has 1 aliphatic carbocycles. The number of aryl methyl sites for hydroxylation is 2. The molecule has 0 amide bonds. The Bertz CT molecular complexity index is 1060. The van der Waals surface area contributed by atoms with Crippen LogP contribution in [0, 0.1) is 0 Å². The Balaban J connectivity index is 1.64. The molecule has 0 bridgehead atoms. The number of nitrogens with zero attached hydrogens (tertiary/aromatic N) is 1. The Kier molecular flexibility index (Phi) is 4.42. The van der Waals surface area contributed by atoms with Gasteiger partial charge in [0.2, 0.25) is 0 Å². The fourth-order valence-electron chi connectivity index (χ4n) is 3.28. The van der Waals surface area contributed by atoms with Crippen molar-refractivity contribution in [2.75, 3.05) is 7.11 Å². The topological polar surface area (TPSA) is 72.0 Å². The van der Waals surface area contributed by atoms with Crippen LogP contribution >= 0.6 is 11.3 Å². The van der Waals surface area contributed by atoms with E-state index < -0.39 is 0 Å². The molecular weight excluding hydrogens is 348 g/mol. The monoisotopic (exact) mass is 366 g/mol. The first-order valence-electron chi connectivity index (χ1n) is 8.57. The van der Waals surface area contributed by atoms with E-state index >= 15 is 0 Å². The molecule has 132 valence electrons. The lowest BCUT2D eigenvalue weighted by atomic mass is 9.97. The predicted molar refractivity (Wildman–Crippen MR) is 104 cm³/mol. The van der Waals surface area contributed by atoms with Gasteiger partial charge in [0.25, 0.3) is 5.56 Å². The zero-order chi connectivity index (χ0) is 18.1. The predicted octanol–water partition coefficient (Wildman–Crippen LogP) is 3.82. The molecule has 2 aromatic heterocycles. The number of fused-ring (bicyclic) bond motifs is 3. The molecule has 4 rings (SSSR count). The highest BCUT2D eigenvalue weighted by Gasteiger charge is 2.19. The summed E-state index contributed by atoms with van der Waals surface area (Å²) in [5, 5.41) is 0.768. The van der Waals surface area contributed by atoms with E-state index in [2.05, 4.69) is 14.7 Å². The standard InChI is InChI=1S/C20H18N2O3S/c1-25-20(24)13-9-6-12(7-10-13)8-11-16-21-18(23)17-14-4-2-3-5-15(14)26-19(17)22-16/h6-11H,2-5H2,1H3,(H,21,22,23). The first kappa shape index (κ1) is 16.7. The smallest absolute Gasteiger partial charge is 0.337 e. The van der Waals surface area contributed by atoms with Crippen LogP contribution in [0.5, 0.6) is 0 Å². The number of hydrogen-bond donors (Lipinski definition) is 1. The third-order valence-corrected chi connectivity index (χ3v) is 5.79. The highest BCUT2D eigenvalue weighted by molar-refractivity contribution is 7.18. The highest BCUT2D eigenvalue weighted by Crippen LogP contribution is 2.33. The number of rotatable bonds is 3. The first-order valence-corrected chi connectivity index (χ1v) is 9.38. The van der Waals surface area contributed by atoms with Crippen LogP contribution in [0.2, 0.25) is 0 Å². The van der Waals surface area contributed by atoms with Gasteiger partial charge in [0.05, 0.1) is 18.1 Å². The quantitative estimate of drug-likeness (QED) is 0.715. The number of nitrogens with one attached hydrogen (secondary N) is 1. The van der Waals surface area contributed by atoms with Crippen LogP contribution in [0.15, 0.2) is 29.1 Å². The van der Waals surface area contributed by atoms with Gasteiger partial charge in [0.15, 0.2) is 0 Å². The lowest BCUT2D eigenvalue weighted by molar-refractivity contribution is 0.0600. The number of thiophene rings is 1. The number of methoxy groups -OCH3 is 1. The molecule has 2 heterocycles. The molecule has 1 aliphatic rings. The van der Waals surface area contributed by atoms with Crippen LogP contribution in [0.3, 0.4) is 0 Å². The van der Waals surface area contributed by atoms with E-state index in [1.54, 1.807) is 29.5 Å². The molecule has 0 aliphatic heterocycles. The molecule has 1 aromatic carbocycles. The van der Waals surface area contributed by atoms with Crippen molar-refractivity contribution in [1.82, 2.24) is 9.97 Å². The summed E-state index contributed by atoms with van der Waals surface area (Å²) in [7, 11) is 1.36. The summed E-state index contributed by atoms with van der Waals surface area (Å²) in [6.45, 7) is 0. The third-order valence-electron chi connectivity index (χ3n) is 4.61. The minimum Gasteiger partial charge on any atom is -0.465 e. The Hall–Kier alpha value is -2.73. The van der Waals surface area contributed by atoms with E-state index in [0.29, 0.717) is 11.4 Å². The van der Waals surface area contributed by atoms with E-state index in [9.17, 15) is 9.59 Å². The van der Waals surface area contributed by atoms with Gasteiger partial charge in [-0.25, -0.2) is 9.78 Å². The minimum absolute atomic E-state index is 0.0601. The SMILES string of the molecule is COC(=O)c1ccc(C=Cc2nc3sc4c(c3c(=O)[nH]2)CCCC4)cc1. The second-order valence-electron chi connectivity index (χ2n) is 6.29. The summed E-state index contributed by atoms with van der Waals surface area (Å²) >= 11 is 1.64. The fourth-order valence-corrected chi connectivity index (χ4v) is 4.55. The molecule has 1 N–H and O–H groups in total. The Morgan fingerprint density at radius 1 is 1.19 bits per heavy atom. The number of carbonyl (C=O) groups excluding carboxylic acids is 1. The van der Waals surface area contributed by atoms with E-state index in [1.165, 1.54) is 24.0 Å². The Morgan fingerprint density at radius 3 is 2.73 bits per heavy atom. The summed E-state index contributed by atoms with van der Waals surface area (Å²) in [5.74, 6) is 0.178. The number of hydrogen-bond acceptors (Lipinski definition) is 5. The lowest BCUT2D eigenvalue weighted by Gasteiger charge is -2.09. The van der Waals surface area contributed by atoms with Gasteiger partial charge in [0, 0.05) is 4.88 Å². The van der Waals surface area contributed by atoms with Crippen LogP contribution in [-0.4, -0.2) is 23.0 Å².